The second-order valence-electron chi connectivity index (χ2n) is 4.60. The zero-order valence-electron chi connectivity index (χ0n) is 11.2. The molecule has 0 radical (unpaired) electrons. The van der Waals surface area contributed by atoms with Crippen molar-refractivity contribution in [3.05, 3.63) is 10.4 Å². The van der Waals surface area contributed by atoms with E-state index in [1.807, 2.05) is 0 Å². The molecule has 0 saturated heterocycles. The van der Waals surface area contributed by atoms with E-state index < -0.39 is 0 Å². The Morgan fingerprint density at radius 2 is 2.32 bits per heavy atom. The number of ether oxygens (including phenoxy) is 1. The molecule has 0 saturated carbocycles. The molecule has 2 aromatic rings. The van der Waals surface area contributed by atoms with E-state index in [2.05, 4.69) is 47.9 Å². The number of hydrogen-bond donors (Lipinski definition) is 0. The first kappa shape index (κ1) is 13.9. The first-order valence-corrected chi connectivity index (χ1v) is 9.67. The molecule has 0 bridgehead atoms. The number of aryl methyl sites for hydroxylation is 2. The Balaban J connectivity index is 2.25. The maximum absolute atomic E-state index is 6.16. The quantitative estimate of drug-likeness (QED) is 0.256. The zero-order chi connectivity index (χ0) is 13.6. The second kappa shape index (κ2) is 5.37. The molecule has 3 nitrogen and oxygen atoms in total. The molecule has 0 spiro atoms. The molecule has 0 amide bonds. The number of rotatable bonds is 3. The van der Waals surface area contributed by atoms with Gasteiger partial charge in [-0.3, -0.25) is 0 Å². The fourth-order valence-electron chi connectivity index (χ4n) is 2.31. The van der Waals surface area contributed by atoms with Gasteiger partial charge in [-0.1, -0.05) is 40.9 Å². The van der Waals surface area contributed by atoms with Gasteiger partial charge in [-0.25, -0.2) is 0 Å². The summed E-state index contributed by atoms with van der Waals surface area (Å²) in [5.41, 5.74) is 1.32. The molecule has 3 heterocycles. The number of thioether (sulfide) groups is 1. The van der Waals surface area contributed by atoms with Crippen LogP contribution in [-0.4, -0.2) is 21.3 Å². The number of thiophene rings is 1. The van der Waals surface area contributed by atoms with Crippen molar-refractivity contribution in [3.63, 3.8) is 0 Å². The van der Waals surface area contributed by atoms with Gasteiger partial charge in [0.15, 0.2) is 0 Å². The van der Waals surface area contributed by atoms with E-state index in [9.17, 15) is 0 Å². The van der Waals surface area contributed by atoms with E-state index in [0.717, 1.165) is 32.6 Å². The summed E-state index contributed by atoms with van der Waals surface area (Å²) in [6, 6.07) is 0. The normalized spacial score (nSPS) is 17.8. The van der Waals surface area contributed by atoms with Crippen molar-refractivity contribution in [2.24, 2.45) is 0 Å². The molecule has 2 aromatic heterocycles. The Morgan fingerprint density at radius 1 is 1.53 bits per heavy atom. The minimum atomic E-state index is 0.281. The summed E-state index contributed by atoms with van der Waals surface area (Å²) in [4.78, 5) is 7.30. The molecule has 1 aliphatic rings. The molecule has 102 valence electrons. The van der Waals surface area contributed by atoms with Crippen LogP contribution in [0, 0.1) is 13.8 Å². The number of halogens is 1. The molecule has 6 heteroatoms. The molecular weight excluding hydrogens is 391 g/mol. The summed E-state index contributed by atoms with van der Waals surface area (Å²) in [5, 5.41) is 2.31. The van der Waals surface area contributed by atoms with Crippen LogP contribution in [0.1, 0.15) is 17.4 Å². The van der Waals surface area contributed by atoms with Gasteiger partial charge in [0.25, 0.3) is 5.88 Å². The Labute approximate surface area is 134 Å². The van der Waals surface area contributed by atoms with Crippen LogP contribution in [0.3, 0.4) is 0 Å². The summed E-state index contributed by atoms with van der Waals surface area (Å²) < 4.78 is 9.44. The second-order valence-corrected chi connectivity index (χ2v) is 7.92. The maximum Gasteiger partial charge on any atom is 0.363 e. The summed E-state index contributed by atoms with van der Waals surface area (Å²) in [6.45, 7) is 7.43. The van der Waals surface area contributed by atoms with E-state index >= 15 is 0 Å². The molecule has 0 aliphatic carbocycles. The average Bonchev–Trinajstić information content (AvgIpc) is 2.92. The molecule has 3 rings (SSSR count). The average molecular weight is 407 g/mol. The van der Waals surface area contributed by atoms with Crippen molar-refractivity contribution < 1.29 is 9.30 Å². The van der Waals surface area contributed by atoms with Gasteiger partial charge < -0.3 is 4.74 Å². The molecule has 1 atom stereocenters. The number of nitrogens with zero attached hydrogens (tertiary/aromatic N) is 2. The van der Waals surface area contributed by atoms with Crippen LogP contribution in [0.4, 0.5) is 0 Å². The van der Waals surface area contributed by atoms with Crippen LogP contribution in [0.15, 0.2) is 5.16 Å². The lowest BCUT2D eigenvalue weighted by Gasteiger charge is -2.01. The fraction of sp³-hybridized carbons (Fsp3) is 0.538. The van der Waals surface area contributed by atoms with Crippen LogP contribution in [0.2, 0.25) is 0 Å². The van der Waals surface area contributed by atoms with Crippen molar-refractivity contribution in [1.29, 1.82) is 0 Å². The lowest BCUT2D eigenvalue weighted by molar-refractivity contribution is -0.720. The van der Waals surface area contributed by atoms with E-state index in [1.54, 1.807) is 23.1 Å². The third kappa shape index (κ3) is 2.25. The van der Waals surface area contributed by atoms with E-state index in [1.165, 1.54) is 15.8 Å². The van der Waals surface area contributed by atoms with E-state index in [0.29, 0.717) is 0 Å². The van der Waals surface area contributed by atoms with Gasteiger partial charge in [0.2, 0.25) is 4.83 Å². The van der Waals surface area contributed by atoms with Gasteiger partial charge in [-0.05, 0) is 36.2 Å². The minimum Gasteiger partial charge on any atom is -0.453 e. The molecule has 0 N–H and O–H groups in total. The predicted molar refractivity (Wildman–Crippen MR) is 89.0 cm³/mol. The third-order valence-corrected chi connectivity index (χ3v) is 6.31. The summed E-state index contributed by atoms with van der Waals surface area (Å²) >= 11 is 5.97. The van der Waals surface area contributed by atoms with Crippen molar-refractivity contribution in [3.8, 4) is 5.88 Å². The van der Waals surface area contributed by atoms with Gasteiger partial charge in [0.05, 0.1) is 0 Å². The number of fused-ring (bicyclic) bond motifs is 3. The minimum absolute atomic E-state index is 0.281. The standard InChI is InChI=1S/C13H16IN2OS2/c1-4-18-13-15-11-10(7(2)8(3)19-11)12-16(13)6-9(5-14)17-12/h9H,4-6H2,1-3H3/q+1. The van der Waals surface area contributed by atoms with Crippen LogP contribution in [0.25, 0.3) is 10.2 Å². The highest BCUT2D eigenvalue weighted by Crippen LogP contribution is 2.37. The topological polar surface area (TPSA) is 26.0 Å². The third-order valence-electron chi connectivity index (χ3n) is 3.36. The molecule has 19 heavy (non-hydrogen) atoms. The van der Waals surface area contributed by atoms with Crippen molar-refractivity contribution >= 4 is 55.9 Å². The van der Waals surface area contributed by atoms with E-state index in [4.69, 9.17) is 9.72 Å². The number of hydrogen-bond acceptors (Lipinski definition) is 4. The maximum atomic E-state index is 6.16. The first-order chi connectivity index (χ1) is 9.15. The van der Waals surface area contributed by atoms with Crippen molar-refractivity contribution in [2.45, 2.75) is 38.6 Å². The fourth-order valence-corrected chi connectivity index (χ4v) is 4.57. The highest BCUT2D eigenvalue weighted by Gasteiger charge is 2.35. The highest BCUT2D eigenvalue weighted by molar-refractivity contribution is 14.1. The molecule has 0 fully saturated rings. The lowest BCUT2D eigenvalue weighted by atomic mass is 10.2. The SMILES string of the molecule is CCSc1nc2sc(C)c(C)c2c2[n+]1CC(CI)O2. The summed E-state index contributed by atoms with van der Waals surface area (Å²) in [5.74, 6) is 2.07. The Hall–Kier alpha value is -0.0800. The highest BCUT2D eigenvalue weighted by atomic mass is 127. The van der Waals surface area contributed by atoms with Gasteiger partial charge in [0.1, 0.15) is 18.0 Å². The van der Waals surface area contributed by atoms with Crippen molar-refractivity contribution in [1.82, 2.24) is 4.98 Å². The smallest absolute Gasteiger partial charge is 0.363 e. The van der Waals surface area contributed by atoms with Crippen LogP contribution < -0.4 is 9.30 Å². The number of alkyl halides is 1. The predicted octanol–water partition coefficient (Wildman–Crippen LogP) is 3.51. The molecule has 1 unspecified atom stereocenters. The van der Waals surface area contributed by atoms with Crippen LogP contribution >= 0.6 is 45.7 Å². The van der Waals surface area contributed by atoms with Crippen molar-refractivity contribution in [2.75, 3.05) is 10.2 Å². The summed E-state index contributed by atoms with van der Waals surface area (Å²) in [7, 11) is 0. The van der Waals surface area contributed by atoms with E-state index in [-0.39, 0.29) is 6.10 Å². The monoisotopic (exact) mass is 407 g/mol. The molecular formula is C13H16IN2OS2+. The summed E-state index contributed by atoms with van der Waals surface area (Å²) in [6.07, 6.45) is 0.281. The van der Waals surface area contributed by atoms with Gasteiger partial charge in [-0.15, -0.1) is 0 Å². The molecule has 1 aliphatic heterocycles. The Morgan fingerprint density at radius 3 is 3.00 bits per heavy atom. The van der Waals surface area contributed by atoms with Gasteiger partial charge in [0, 0.05) is 15.1 Å². The number of aromatic nitrogens is 2. The first-order valence-electron chi connectivity index (χ1n) is 6.34. The largest absolute Gasteiger partial charge is 0.453 e. The van der Waals surface area contributed by atoms with Crippen LogP contribution in [0.5, 0.6) is 5.88 Å². The Kier molecular flexibility index (Phi) is 3.92. The lowest BCUT2D eigenvalue weighted by Crippen LogP contribution is -2.36. The zero-order valence-corrected chi connectivity index (χ0v) is 15.0. The van der Waals surface area contributed by atoms with Gasteiger partial charge in [-0.2, -0.15) is 4.57 Å². The van der Waals surface area contributed by atoms with Gasteiger partial charge >= 0.3 is 5.16 Å². The van der Waals surface area contributed by atoms with Crippen LogP contribution in [-0.2, 0) is 6.54 Å². The molecule has 0 aromatic carbocycles. The Bertz CT molecular complexity index is 641.